The summed E-state index contributed by atoms with van der Waals surface area (Å²) in [7, 11) is 1.43. The number of benzene rings is 1. The van der Waals surface area contributed by atoms with Gasteiger partial charge in [-0.05, 0) is 26.3 Å². The number of amides is 2. The SMILES string of the molecule is CN(C(=O)OC(C)(C)C)[C@H](CO)C(=O)NCc1ccccc1. The molecule has 0 aliphatic carbocycles. The van der Waals surface area contributed by atoms with Crippen LogP contribution in [0.5, 0.6) is 0 Å². The molecule has 2 N–H and O–H groups in total. The first-order chi connectivity index (χ1) is 10.2. The Labute approximate surface area is 131 Å². The molecule has 22 heavy (non-hydrogen) atoms. The van der Waals surface area contributed by atoms with E-state index in [-0.39, 0.29) is 0 Å². The van der Waals surface area contributed by atoms with E-state index in [4.69, 9.17) is 4.74 Å². The maximum absolute atomic E-state index is 12.1. The molecule has 0 saturated carbocycles. The highest BCUT2D eigenvalue weighted by Crippen LogP contribution is 2.11. The van der Waals surface area contributed by atoms with Gasteiger partial charge in [0.2, 0.25) is 5.91 Å². The minimum atomic E-state index is -0.987. The monoisotopic (exact) mass is 308 g/mol. The van der Waals surface area contributed by atoms with Gasteiger partial charge in [0, 0.05) is 13.6 Å². The Bertz CT molecular complexity index is 497. The molecule has 0 aliphatic rings. The molecule has 0 radical (unpaired) electrons. The Hall–Kier alpha value is -2.08. The van der Waals surface area contributed by atoms with Crippen LogP contribution in [0.2, 0.25) is 0 Å². The van der Waals surface area contributed by atoms with Gasteiger partial charge in [0.25, 0.3) is 0 Å². The zero-order chi connectivity index (χ0) is 16.8. The molecule has 0 fully saturated rings. The highest BCUT2D eigenvalue weighted by atomic mass is 16.6. The summed E-state index contributed by atoms with van der Waals surface area (Å²) >= 11 is 0. The van der Waals surface area contributed by atoms with Gasteiger partial charge in [0.15, 0.2) is 0 Å². The Morgan fingerprint density at radius 2 is 1.86 bits per heavy atom. The molecular weight excluding hydrogens is 284 g/mol. The van der Waals surface area contributed by atoms with Crippen molar-refractivity contribution in [3.8, 4) is 0 Å². The van der Waals surface area contributed by atoms with E-state index >= 15 is 0 Å². The van der Waals surface area contributed by atoms with Crippen LogP contribution in [0.3, 0.4) is 0 Å². The summed E-state index contributed by atoms with van der Waals surface area (Å²) < 4.78 is 5.19. The van der Waals surface area contributed by atoms with Crippen LogP contribution in [0.15, 0.2) is 30.3 Å². The van der Waals surface area contributed by atoms with Crippen molar-refractivity contribution >= 4 is 12.0 Å². The lowest BCUT2D eigenvalue weighted by Gasteiger charge is -2.29. The Morgan fingerprint density at radius 1 is 1.27 bits per heavy atom. The number of rotatable bonds is 5. The average Bonchev–Trinajstić information content (AvgIpc) is 2.45. The standard InChI is InChI=1S/C16H24N2O4/c1-16(2,3)22-15(21)18(4)13(11-19)14(20)17-10-12-8-6-5-7-9-12/h5-9,13,19H,10-11H2,1-4H3,(H,17,20)/t13-/m1/s1. The number of likely N-dealkylation sites (N-methyl/N-ethyl adjacent to an activating group) is 1. The van der Waals surface area contributed by atoms with Crippen LogP contribution in [-0.4, -0.2) is 47.3 Å². The van der Waals surface area contributed by atoms with Gasteiger partial charge in [0.05, 0.1) is 6.61 Å². The number of carbonyl (C=O) groups excluding carboxylic acids is 2. The molecule has 0 unspecified atom stereocenters. The van der Waals surface area contributed by atoms with E-state index in [1.807, 2.05) is 30.3 Å². The maximum Gasteiger partial charge on any atom is 0.410 e. The molecule has 6 heteroatoms. The molecule has 0 heterocycles. The zero-order valence-electron chi connectivity index (χ0n) is 13.5. The summed E-state index contributed by atoms with van der Waals surface area (Å²) in [6.45, 7) is 5.07. The number of hydrogen-bond donors (Lipinski definition) is 2. The van der Waals surface area contributed by atoms with E-state index in [0.29, 0.717) is 6.54 Å². The van der Waals surface area contributed by atoms with Gasteiger partial charge in [-0.25, -0.2) is 4.79 Å². The number of ether oxygens (including phenoxy) is 1. The maximum atomic E-state index is 12.1. The summed E-state index contributed by atoms with van der Waals surface area (Å²) in [5.41, 5.74) is 0.277. The largest absolute Gasteiger partial charge is 0.444 e. The van der Waals surface area contributed by atoms with Crippen molar-refractivity contribution in [2.75, 3.05) is 13.7 Å². The molecule has 1 rings (SSSR count). The van der Waals surface area contributed by atoms with Crippen molar-refractivity contribution in [2.45, 2.75) is 39.0 Å². The molecular formula is C16H24N2O4. The molecule has 0 aromatic heterocycles. The van der Waals surface area contributed by atoms with Crippen LogP contribution >= 0.6 is 0 Å². The smallest absolute Gasteiger partial charge is 0.410 e. The molecule has 6 nitrogen and oxygen atoms in total. The molecule has 1 aromatic rings. The molecule has 0 aliphatic heterocycles. The van der Waals surface area contributed by atoms with Gasteiger partial charge in [-0.1, -0.05) is 30.3 Å². The summed E-state index contributed by atoms with van der Waals surface area (Å²) in [5, 5.41) is 12.1. The molecule has 2 amide bonds. The quantitative estimate of drug-likeness (QED) is 0.864. The van der Waals surface area contributed by atoms with Gasteiger partial charge in [-0.3, -0.25) is 9.69 Å². The van der Waals surface area contributed by atoms with Crippen molar-refractivity contribution < 1.29 is 19.4 Å². The van der Waals surface area contributed by atoms with Gasteiger partial charge >= 0.3 is 6.09 Å². The van der Waals surface area contributed by atoms with Crippen LogP contribution < -0.4 is 5.32 Å². The summed E-state index contributed by atoms with van der Waals surface area (Å²) in [6.07, 6.45) is -0.651. The van der Waals surface area contributed by atoms with Gasteiger partial charge in [0.1, 0.15) is 11.6 Å². The second kappa shape index (κ2) is 7.79. The predicted molar refractivity (Wildman–Crippen MR) is 83.2 cm³/mol. The van der Waals surface area contributed by atoms with Crippen LogP contribution in [0.1, 0.15) is 26.3 Å². The van der Waals surface area contributed by atoms with E-state index < -0.39 is 30.3 Å². The van der Waals surface area contributed by atoms with Crippen molar-refractivity contribution in [2.24, 2.45) is 0 Å². The third-order valence-electron chi connectivity index (χ3n) is 2.93. The number of nitrogens with zero attached hydrogens (tertiary/aromatic N) is 1. The fraction of sp³-hybridized carbons (Fsp3) is 0.500. The topological polar surface area (TPSA) is 78.9 Å². The van der Waals surface area contributed by atoms with Gasteiger partial charge in [-0.15, -0.1) is 0 Å². The number of aliphatic hydroxyl groups excluding tert-OH is 1. The van der Waals surface area contributed by atoms with Crippen molar-refractivity contribution in [3.05, 3.63) is 35.9 Å². The predicted octanol–water partition coefficient (Wildman–Crippen LogP) is 1.53. The fourth-order valence-corrected chi connectivity index (χ4v) is 1.75. The van der Waals surface area contributed by atoms with Gasteiger partial charge in [-0.2, -0.15) is 0 Å². The number of aliphatic hydroxyl groups is 1. The summed E-state index contributed by atoms with van der Waals surface area (Å²) in [4.78, 5) is 25.2. The number of hydrogen-bond acceptors (Lipinski definition) is 4. The summed E-state index contributed by atoms with van der Waals surface area (Å²) in [5.74, 6) is -0.431. The Morgan fingerprint density at radius 3 is 2.36 bits per heavy atom. The van der Waals surface area contributed by atoms with Crippen LogP contribution in [-0.2, 0) is 16.1 Å². The third-order valence-corrected chi connectivity index (χ3v) is 2.93. The first-order valence-corrected chi connectivity index (χ1v) is 7.13. The van der Waals surface area contributed by atoms with Gasteiger partial charge < -0.3 is 15.2 Å². The first kappa shape index (κ1) is 18.0. The Balaban J connectivity index is 2.61. The fourth-order valence-electron chi connectivity index (χ4n) is 1.75. The van der Waals surface area contributed by atoms with E-state index in [0.717, 1.165) is 10.5 Å². The van der Waals surface area contributed by atoms with Crippen LogP contribution in [0, 0.1) is 0 Å². The molecule has 122 valence electrons. The minimum absolute atomic E-state index is 0.332. The second-order valence-corrected chi connectivity index (χ2v) is 5.99. The van der Waals surface area contributed by atoms with Crippen LogP contribution in [0.4, 0.5) is 4.79 Å². The molecule has 1 aromatic carbocycles. The lowest BCUT2D eigenvalue weighted by Crippen LogP contribution is -2.50. The molecule has 1 atom stereocenters. The van der Waals surface area contributed by atoms with E-state index in [1.54, 1.807) is 20.8 Å². The average molecular weight is 308 g/mol. The summed E-state index contributed by atoms with van der Waals surface area (Å²) in [6, 6.07) is 8.41. The Kier molecular flexibility index (Phi) is 6.37. The van der Waals surface area contributed by atoms with E-state index in [1.165, 1.54) is 7.05 Å². The van der Waals surface area contributed by atoms with Crippen molar-refractivity contribution in [1.29, 1.82) is 0 Å². The number of nitrogens with one attached hydrogen (secondary N) is 1. The molecule has 0 bridgehead atoms. The molecule has 0 saturated heterocycles. The minimum Gasteiger partial charge on any atom is -0.444 e. The van der Waals surface area contributed by atoms with Crippen molar-refractivity contribution in [1.82, 2.24) is 10.2 Å². The normalized spacial score (nSPS) is 12.4. The number of carbonyl (C=O) groups is 2. The zero-order valence-corrected chi connectivity index (χ0v) is 13.5. The first-order valence-electron chi connectivity index (χ1n) is 7.13. The molecule has 0 spiro atoms. The van der Waals surface area contributed by atoms with Crippen molar-refractivity contribution in [3.63, 3.8) is 0 Å². The highest BCUT2D eigenvalue weighted by molar-refractivity contribution is 5.85. The lowest BCUT2D eigenvalue weighted by atomic mass is 10.2. The van der Waals surface area contributed by atoms with E-state index in [2.05, 4.69) is 5.32 Å². The van der Waals surface area contributed by atoms with E-state index in [9.17, 15) is 14.7 Å². The lowest BCUT2D eigenvalue weighted by molar-refractivity contribution is -0.127. The second-order valence-electron chi connectivity index (χ2n) is 5.99. The van der Waals surface area contributed by atoms with Crippen LogP contribution in [0.25, 0.3) is 0 Å². The third kappa shape index (κ3) is 5.73. The highest BCUT2D eigenvalue weighted by Gasteiger charge is 2.29.